The van der Waals surface area contributed by atoms with Crippen LogP contribution in [0.1, 0.15) is 27.7 Å². The maximum Gasteiger partial charge on any atom is 0.193 e. The number of hydrogen-bond donors (Lipinski definition) is 2. The van der Waals surface area contributed by atoms with Gasteiger partial charge in [-0.1, -0.05) is 27.7 Å². The van der Waals surface area contributed by atoms with Crippen LogP contribution in [0.3, 0.4) is 0 Å². The average Bonchev–Trinajstić information content (AvgIpc) is 2.73. The number of nitrogens with zero attached hydrogens (tertiary/aromatic N) is 1. The van der Waals surface area contributed by atoms with Gasteiger partial charge < -0.3 is 15.8 Å². The van der Waals surface area contributed by atoms with Crippen LogP contribution in [0.5, 0.6) is 5.75 Å². The van der Waals surface area contributed by atoms with Crippen LogP contribution in [-0.2, 0) is 0 Å². The van der Waals surface area contributed by atoms with Gasteiger partial charge in [-0.25, -0.2) is 4.99 Å². The van der Waals surface area contributed by atoms with Crippen LogP contribution in [0.25, 0.3) is 0 Å². The van der Waals surface area contributed by atoms with E-state index in [4.69, 9.17) is 10.5 Å². The lowest BCUT2D eigenvalue weighted by molar-refractivity contribution is 0.415. The average molecular weight is 389 g/mol. The van der Waals surface area contributed by atoms with E-state index in [1.54, 1.807) is 7.11 Å². The summed E-state index contributed by atoms with van der Waals surface area (Å²) in [6.07, 6.45) is 0. The number of methoxy groups -OCH3 is 1. The Hall–Kier alpha value is -0.980. The molecule has 0 atom stereocenters. The number of guanidine groups is 1. The number of nitrogens with one attached hydrogen (secondary N) is 1. The largest absolute Gasteiger partial charge is 0.497 e. The molecule has 1 saturated carbocycles. The highest BCUT2D eigenvalue weighted by Gasteiger charge is 2.65. The molecule has 5 heteroatoms. The highest BCUT2D eigenvalue weighted by molar-refractivity contribution is 14.0. The zero-order valence-electron chi connectivity index (χ0n) is 12.7. The molecule has 0 amide bonds. The summed E-state index contributed by atoms with van der Waals surface area (Å²) in [6, 6.07) is 7.89. The van der Waals surface area contributed by atoms with Crippen LogP contribution >= 0.6 is 24.0 Å². The van der Waals surface area contributed by atoms with Crippen LogP contribution in [0, 0.1) is 10.8 Å². The van der Waals surface area contributed by atoms with Crippen molar-refractivity contribution in [2.75, 3.05) is 12.4 Å². The molecule has 3 N–H and O–H groups in total. The fourth-order valence-electron chi connectivity index (χ4n) is 2.48. The molecule has 1 aliphatic carbocycles. The van der Waals surface area contributed by atoms with Gasteiger partial charge in [0.15, 0.2) is 5.96 Å². The Kier molecular flexibility index (Phi) is 4.94. The lowest BCUT2D eigenvalue weighted by atomic mass is 10.0. The first-order valence-electron chi connectivity index (χ1n) is 6.53. The Morgan fingerprint density at radius 1 is 1.15 bits per heavy atom. The standard InChI is InChI=1S/C15H23N3O.HI/c1-14(2)12(15(14,3)4)18-13(16)17-10-6-8-11(19-5)9-7-10;/h6-9,12H,1-5H3,(H3,16,17,18);1H. The lowest BCUT2D eigenvalue weighted by Crippen LogP contribution is -2.23. The smallest absolute Gasteiger partial charge is 0.193 e. The molecule has 20 heavy (non-hydrogen) atoms. The Bertz CT molecular complexity index is 480. The van der Waals surface area contributed by atoms with Crippen molar-refractivity contribution in [1.82, 2.24) is 0 Å². The van der Waals surface area contributed by atoms with Gasteiger partial charge in [-0.15, -0.1) is 24.0 Å². The maximum absolute atomic E-state index is 5.97. The molecule has 1 fully saturated rings. The van der Waals surface area contributed by atoms with Gasteiger partial charge in [-0.05, 0) is 35.1 Å². The van der Waals surface area contributed by atoms with Crippen molar-refractivity contribution in [3.05, 3.63) is 24.3 Å². The fraction of sp³-hybridized carbons (Fsp3) is 0.533. The van der Waals surface area contributed by atoms with E-state index in [0.717, 1.165) is 11.4 Å². The minimum absolute atomic E-state index is 0. The topological polar surface area (TPSA) is 59.6 Å². The van der Waals surface area contributed by atoms with Crippen molar-refractivity contribution in [2.24, 2.45) is 21.6 Å². The lowest BCUT2D eigenvalue weighted by Gasteiger charge is -2.07. The molecule has 0 radical (unpaired) electrons. The van der Waals surface area contributed by atoms with Crippen molar-refractivity contribution in [3.63, 3.8) is 0 Å². The molecule has 112 valence electrons. The van der Waals surface area contributed by atoms with E-state index in [9.17, 15) is 0 Å². The number of benzene rings is 1. The molecule has 0 aliphatic heterocycles. The molecule has 0 heterocycles. The van der Waals surface area contributed by atoms with E-state index in [1.807, 2.05) is 24.3 Å². The van der Waals surface area contributed by atoms with Gasteiger partial charge >= 0.3 is 0 Å². The van der Waals surface area contributed by atoms with Crippen molar-refractivity contribution in [1.29, 1.82) is 0 Å². The molecular formula is C15H24IN3O. The predicted octanol–water partition coefficient (Wildman–Crippen LogP) is 3.47. The molecular weight excluding hydrogens is 365 g/mol. The van der Waals surface area contributed by atoms with Crippen LogP contribution < -0.4 is 15.8 Å². The number of hydrogen-bond acceptors (Lipinski definition) is 2. The van der Waals surface area contributed by atoms with Crippen molar-refractivity contribution >= 4 is 35.6 Å². The van der Waals surface area contributed by atoms with Crippen LogP contribution in [-0.4, -0.2) is 19.1 Å². The second-order valence-corrected chi connectivity index (χ2v) is 6.21. The van der Waals surface area contributed by atoms with Gasteiger partial charge in [0.1, 0.15) is 5.75 Å². The highest BCUT2D eigenvalue weighted by atomic mass is 127. The second kappa shape index (κ2) is 5.79. The highest BCUT2D eigenvalue weighted by Crippen LogP contribution is 2.64. The van der Waals surface area contributed by atoms with Gasteiger partial charge in [0.05, 0.1) is 13.2 Å². The molecule has 1 aromatic carbocycles. The minimum atomic E-state index is 0. The fourth-order valence-corrected chi connectivity index (χ4v) is 2.48. The summed E-state index contributed by atoms with van der Waals surface area (Å²) in [5.74, 6) is 1.29. The first kappa shape index (κ1) is 17.1. The third kappa shape index (κ3) is 3.02. The number of ether oxygens (including phenoxy) is 1. The zero-order chi connectivity index (χ0) is 14.3. The number of aliphatic imine (C=N–C) groups is 1. The summed E-state index contributed by atoms with van der Waals surface area (Å²) < 4.78 is 5.11. The minimum Gasteiger partial charge on any atom is -0.497 e. The molecule has 0 aromatic heterocycles. The van der Waals surface area contributed by atoms with E-state index in [-0.39, 0.29) is 40.8 Å². The molecule has 1 aliphatic rings. The number of halogens is 1. The van der Waals surface area contributed by atoms with Gasteiger partial charge in [-0.3, -0.25) is 0 Å². The van der Waals surface area contributed by atoms with Crippen molar-refractivity contribution < 1.29 is 4.74 Å². The monoisotopic (exact) mass is 389 g/mol. The van der Waals surface area contributed by atoms with Crippen LogP contribution in [0.2, 0.25) is 0 Å². The van der Waals surface area contributed by atoms with Crippen molar-refractivity contribution in [3.8, 4) is 5.75 Å². The second-order valence-electron chi connectivity index (χ2n) is 6.21. The van der Waals surface area contributed by atoms with E-state index in [1.165, 1.54) is 0 Å². The molecule has 0 unspecified atom stereocenters. The molecule has 4 nitrogen and oxygen atoms in total. The number of anilines is 1. The Morgan fingerprint density at radius 2 is 1.65 bits per heavy atom. The quantitative estimate of drug-likeness (QED) is 0.473. The predicted molar refractivity (Wildman–Crippen MR) is 95.0 cm³/mol. The van der Waals surface area contributed by atoms with Gasteiger partial charge in [0.2, 0.25) is 0 Å². The van der Waals surface area contributed by atoms with Gasteiger partial charge in [0, 0.05) is 5.69 Å². The van der Waals surface area contributed by atoms with Crippen LogP contribution in [0.4, 0.5) is 5.69 Å². The van der Waals surface area contributed by atoms with E-state index in [2.05, 4.69) is 38.0 Å². The maximum atomic E-state index is 5.97. The normalized spacial score (nSPS) is 19.9. The van der Waals surface area contributed by atoms with E-state index < -0.39 is 0 Å². The first-order valence-corrected chi connectivity index (χ1v) is 6.53. The summed E-state index contributed by atoms with van der Waals surface area (Å²) in [6.45, 7) is 8.90. The van der Waals surface area contributed by atoms with Gasteiger partial charge in [-0.2, -0.15) is 0 Å². The third-order valence-corrected chi connectivity index (χ3v) is 4.58. The van der Waals surface area contributed by atoms with E-state index in [0.29, 0.717) is 5.96 Å². The Morgan fingerprint density at radius 3 is 2.05 bits per heavy atom. The third-order valence-electron chi connectivity index (χ3n) is 4.58. The molecule has 0 saturated heterocycles. The molecule has 2 rings (SSSR count). The van der Waals surface area contributed by atoms with Crippen LogP contribution in [0.15, 0.2) is 29.3 Å². The number of nitrogens with two attached hydrogens (primary N) is 1. The molecule has 0 spiro atoms. The zero-order valence-corrected chi connectivity index (χ0v) is 15.1. The SMILES string of the molecule is COc1ccc(NC(N)=NC2C(C)(C)C2(C)C)cc1.I. The Labute approximate surface area is 138 Å². The molecule has 0 bridgehead atoms. The summed E-state index contributed by atoms with van der Waals surface area (Å²) in [5.41, 5.74) is 7.30. The number of rotatable bonds is 3. The first-order chi connectivity index (χ1) is 8.79. The molecule has 1 aromatic rings. The van der Waals surface area contributed by atoms with E-state index >= 15 is 0 Å². The summed E-state index contributed by atoms with van der Waals surface area (Å²) in [4.78, 5) is 4.58. The van der Waals surface area contributed by atoms with Gasteiger partial charge in [0.25, 0.3) is 0 Å². The summed E-state index contributed by atoms with van der Waals surface area (Å²) in [5, 5.41) is 3.11. The summed E-state index contributed by atoms with van der Waals surface area (Å²) >= 11 is 0. The van der Waals surface area contributed by atoms with Crippen molar-refractivity contribution in [2.45, 2.75) is 33.7 Å². The summed E-state index contributed by atoms with van der Waals surface area (Å²) in [7, 11) is 1.65. The Balaban J connectivity index is 0.00000200.